The maximum atomic E-state index is 9.88. The van der Waals surface area contributed by atoms with E-state index in [0.29, 0.717) is 0 Å². The molecule has 39 heavy (non-hydrogen) atoms. The Morgan fingerprint density at radius 2 is 0.692 bits per heavy atom. The van der Waals surface area contributed by atoms with Crippen LogP contribution < -0.4 is 0 Å². The molecule has 2 N–H and O–H groups in total. The number of phenols is 2. The summed E-state index contributed by atoms with van der Waals surface area (Å²) in [6.45, 7) is 0. The Labute approximate surface area is 227 Å². The normalized spacial score (nSPS) is 13.5. The number of hydrogen-bond acceptors (Lipinski definition) is 2. The van der Waals surface area contributed by atoms with Crippen LogP contribution in [0.25, 0.3) is 44.5 Å². The molecule has 2 nitrogen and oxygen atoms in total. The number of hydrogen-bond donors (Lipinski definition) is 2. The van der Waals surface area contributed by atoms with Crippen molar-refractivity contribution < 1.29 is 10.2 Å². The summed E-state index contributed by atoms with van der Waals surface area (Å²) in [5, 5.41) is 19.8. The maximum Gasteiger partial charge on any atom is 0.115 e. The molecule has 0 fully saturated rings. The van der Waals surface area contributed by atoms with Crippen LogP contribution in [0.3, 0.4) is 0 Å². The number of aromatic hydroxyl groups is 2. The highest BCUT2D eigenvalue weighted by Gasteiger charge is 2.51. The SMILES string of the molecule is Oc1ccc(-c2ccc3c(c2)C2(c4ccccc4-3)c3ccccc3-c3ccc(-c4ccc(O)cc4)cc32)cc1. The van der Waals surface area contributed by atoms with Crippen molar-refractivity contribution in [3.05, 3.63) is 156 Å². The van der Waals surface area contributed by atoms with Crippen molar-refractivity contribution in [2.45, 2.75) is 5.41 Å². The fourth-order valence-corrected chi connectivity index (χ4v) is 6.81. The van der Waals surface area contributed by atoms with Crippen molar-refractivity contribution in [2.24, 2.45) is 0 Å². The molecule has 1 spiro atoms. The third-order valence-electron chi connectivity index (χ3n) is 8.49. The molecule has 2 aliphatic rings. The third-order valence-corrected chi connectivity index (χ3v) is 8.49. The van der Waals surface area contributed by atoms with Crippen LogP contribution >= 0.6 is 0 Å². The predicted molar refractivity (Wildman–Crippen MR) is 157 cm³/mol. The molecule has 6 aromatic carbocycles. The van der Waals surface area contributed by atoms with E-state index in [9.17, 15) is 10.2 Å². The lowest BCUT2D eigenvalue weighted by atomic mass is 9.70. The van der Waals surface area contributed by atoms with Crippen molar-refractivity contribution in [1.82, 2.24) is 0 Å². The van der Waals surface area contributed by atoms with Crippen LogP contribution in [-0.4, -0.2) is 10.2 Å². The minimum Gasteiger partial charge on any atom is -0.508 e. The highest BCUT2D eigenvalue weighted by atomic mass is 16.3. The number of benzene rings is 6. The highest BCUT2D eigenvalue weighted by Crippen LogP contribution is 2.63. The zero-order valence-electron chi connectivity index (χ0n) is 21.1. The van der Waals surface area contributed by atoms with E-state index in [1.54, 1.807) is 24.3 Å². The molecule has 0 aliphatic heterocycles. The van der Waals surface area contributed by atoms with Crippen molar-refractivity contribution >= 4 is 0 Å². The van der Waals surface area contributed by atoms with Gasteiger partial charge in [0.15, 0.2) is 0 Å². The Bertz CT molecular complexity index is 1770. The molecule has 184 valence electrons. The molecular weight excluding hydrogens is 476 g/mol. The second-order valence-electron chi connectivity index (χ2n) is 10.5. The van der Waals surface area contributed by atoms with E-state index < -0.39 is 5.41 Å². The molecule has 0 bridgehead atoms. The highest BCUT2D eigenvalue weighted by molar-refractivity contribution is 5.96. The van der Waals surface area contributed by atoms with Crippen LogP contribution in [0.15, 0.2) is 133 Å². The minimum atomic E-state index is -0.447. The third kappa shape index (κ3) is 2.97. The standard InChI is InChI=1S/C37H24O2/c38-27-15-9-23(10-16-27)25-13-19-31-29-5-1-3-7-33(29)37(35(31)21-25)34-8-4-2-6-30(34)32-20-14-26(22-36(32)37)24-11-17-28(39)18-12-24/h1-22,38-39H. The second-order valence-corrected chi connectivity index (χ2v) is 10.5. The van der Waals surface area contributed by atoms with E-state index in [1.165, 1.54) is 44.5 Å². The zero-order chi connectivity index (χ0) is 26.1. The molecule has 8 rings (SSSR count). The summed E-state index contributed by atoms with van der Waals surface area (Å²) in [5.74, 6) is 0.536. The molecule has 0 atom stereocenters. The maximum absolute atomic E-state index is 9.88. The molecule has 2 heteroatoms. The summed E-state index contributed by atoms with van der Waals surface area (Å²) < 4.78 is 0. The Kier molecular flexibility index (Phi) is 4.48. The van der Waals surface area contributed by atoms with Gasteiger partial charge in [-0.25, -0.2) is 0 Å². The first-order chi connectivity index (χ1) is 19.1. The first-order valence-electron chi connectivity index (χ1n) is 13.2. The van der Waals surface area contributed by atoms with Crippen LogP contribution in [0.1, 0.15) is 22.3 Å². The van der Waals surface area contributed by atoms with E-state index in [-0.39, 0.29) is 11.5 Å². The van der Waals surface area contributed by atoms with Gasteiger partial charge in [0.1, 0.15) is 11.5 Å². The van der Waals surface area contributed by atoms with E-state index in [0.717, 1.165) is 22.3 Å². The molecule has 0 amide bonds. The molecule has 0 saturated heterocycles. The molecule has 2 aliphatic carbocycles. The predicted octanol–water partition coefficient (Wildman–Crippen LogP) is 8.78. The summed E-state index contributed by atoms with van der Waals surface area (Å²) in [7, 11) is 0. The number of rotatable bonds is 2. The van der Waals surface area contributed by atoms with Gasteiger partial charge in [-0.1, -0.05) is 97.1 Å². The first kappa shape index (κ1) is 22.0. The lowest BCUT2D eigenvalue weighted by Gasteiger charge is -2.31. The molecule has 0 radical (unpaired) electrons. The lowest BCUT2D eigenvalue weighted by molar-refractivity contribution is 0.475. The van der Waals surface area contributed by atoms with Gasteiger partial charge >= 0.3 is 0 Å². The van der Waals surface area contributed by atoms with Gasteiger partial charge in [-0.3, -0.25) is 0 Å². The Balaban J connectivity index is 1.46. The lowest BCUT2D eigenvalue weighted by Crippen LogP contribution is -2.26. The largest absolute Gasteiger partial charge is 0.508 e. The first-order valence-corrected chi connectivity index (χ1v) is 13.2. The average Bonchev–Trinajstić information content (AvgIpc) is 3.44. The van der Waals surface area contributed by atoms with Crippen LogP contribution in [-0.2, 0) is 5.41 Å². The molecule has 0 heterocycles. The minimum absolute atomic E-state index is 0.268. The quantitative estimate of drug-likeness (QED) is 0.249. The summed E-state index contributed by atoms with van der Waals surface area (Å²) >= 11 is 0. The van der Waals surface area contributed by atoms with Crippen LogP contribution in [0.2, 0.25) is 0 Å². The van der Waals surface area contributed by atoms with Crippen molar-refractivity contribution in [3.8, 4) is 56.0 Å². The van der Waals surface area contributed by atoms with Gasteiger partial charge < -0.3 is 10.2 Å². The topological polar surface area (TPSA) is 40.5 Å². The molecule has 0 saturated carbocycles. The molecule has 6 aromatic rings. The average molecular weight is 501 g/mol. The summed E-state index contributed by atoms with van der Waals surface area (Å²) in [6, 6.07) is 46.1. The fourth-order valence-electron chi connectivity index (χ4n) is 6.81. The Morgan fingerprint density at radius 3 is 1.13 bits per heavy atom. The number of fused-ring (bicyclic) bond motifs is 10. The van der Waals surface area contributed by atoms with Gasteiger partial charge in [0.25, 0.3) is 0 Å². The summed E-state index contributed by atoms with van der Waals surface area (Å²) in [4.78, 5) is 0. The van der Waals surface area contributed by atoms with Gasteiger partial charge in [-0.2, -0.15) is 0 Å². The second kappa shape index (κ2) is 7.96. The van der Waals surface area contributed by atoms with Crippen molar-refractivity contribution in [1.29, 1.82) is 0 Å². The Hall–Kier alpha value is -5.08. The van der Waals surface area contributed by atoms with Gasteiger partial charge in [0.05, 0.1) is 5.41 Å². The van der Waals surface area contributed by atoms with E-state index >= 15 is 0 Å². The van der Waals surface area contributed by atoms with Crippen LogP contribution in [0.4, 0.5) is 0 Å². The van der Waals surface area contributed by atoms with E-state index in [2.05, 4.69) is 84.9 Å². The van der Waals surface area contributed by atoms with Crippen LogP contribution in [0.5, 0.6) is 11.5 Å². The van der Waals surface area contributed by atoms with Gasteiger partial charge in [0, 0.05) is 0 Å². The van der Waals surface area contributed by atoms with E-state index in [4.69, 9.17) is 0 Å². The van der Waals surface area contributed by atoms with Crippen molar-refractivity contribution in [2.75, 3.05) is 0 Å². The van der Waals surface area contributed by atoms with Gasteiger partial charge in [0.2, 0.25) is 0 Å². The van der Waals surface area contributed by atoms with Gasteiger partial charge in [-0.15, -0.1) is 0 Å². The fraction of sp³-hybridized carbons (Fsp3) is 0.0270. The monoisotopic (exact) mass is 500 g/mol. The smallest absolute Gasteiger partial charge is 0.115 e. The zero-order valence-corrected chi connectivity index (χ0v) is 21.1. The van der Waals surface area contributed by atoms with Gasteiger partial charge in [-0.05, 0) is 103 Å². The summed E-state index contributed by atoms with van der Waals surface area (Å²) in [6.07, 6.45) is 0. The van der Waals surface area contributed by atoms with Crippen LogP contribution in [0, 0.1) is 0 Å². The molecular formula is C37H24O2. The van der Waals surface area contributed by atoms with E-state index in [1.807, 2.05) is 24.3 Å². The molecule has 0 unspecified atom stereocenters. The molecule has 0 aromatic heterocycles. The van der Waals surface area contributed by atoms with Crippen molar-refractivity contribution in [3.63, 3.8) is 0 Å². The number of phenolic OH excluding ortho intramolecular Hbond substituents is 2. The summed E-state index contributed by atoms with van der Waals surface area (Å²) in [5.41, 5.74) is 14.2. The Morgan fingerprint density at radius 1 is 0.333 bits per heavy atom.